The second kappa shape index (κ2) is 6.21. The van der Waals surface area contributed by atoms with Crippen LogP contribution in [0.1, 0.15) is 19.8 Å². The van der Waals surface area contributed by atoms with Gasteiger partial charge in [0.25, 0.3) is 0 Å². The summed E-state index contributed by atoms with van der Waals surface area (Å²) in [7, 11) is 3.62. The maximum Gasteiger partial charge on any atom is 0.0730 e. The van der Waals surface area contributed by atoms with E-state index in [0.29, 0.717) is 0 Å². The van der Waals surface area contributed by atoms with E-state index >= 15 is 0 Å². The van der Waals surface area contributed by atoms with Crippen molar-refractivity contribution in [1.82, 2.24) is 5.32 Å². The Kier molecular flexibility index (Phi) is 5.91. The molecule has 0 aliphatic rings. The monoisotopic (exact) mass is 155 g/mol. The van der Waals surface area contributed by atoms with E-state index in [4.69, 9.17) is 11.2 Å². The van der Waals surface area contributed by atoms with Gasteiger partial charge >= 0.3 is 0 Å². The lowest BCUT2D eigenvalue weighted by Crippen LogP contribution is -2.38. The van der Waals surface area contributed by atoms with Crippen molar-refractivity contribution in [2.45, 2.75) is 31.9 Å². The van der Waals surface area contributed by atoms with E-state index in [1.807, 2.05) is 7.05 Å². The molecule has 2 unspecified atom stereocenters. The summed E-state index contributed by atoms with van der Waals surface area (Å²) in [6.07, 6.45) is 7.15. The fourth-order valence-corrected chi connectivity index (χ4v) is 1.16. The van der Waals surface area contributed by atoms with Crippen molar-refractivity contribution in [1.29, 1.82) is 0 Å². The van der Waals surface area contributed by atoms with E-state index < -0.39 is 0 Å². The molecule has 0 aliphatic heterocycles. The molecular formula is C9H17NO. The topological polar surface area (TPSA) is 21.3 Å². The van der Waals surface area contributed by atoms with Gasteiger partial charge in [0.1, 0.15) is 0 Å². The van der Waals surface area contributed by atoms with Gasteiger partial charge in [-0.25, -0.2) is 0 Å². The lowest BCUT2D eigenvalue weighted by molar-refractivity contribution is 0.0692. The molecule has 11 heavy (non-hydrogen) atoms. The van der Waals surface area contributed by atoms with Gasteiger partial charge in [0, 0.05) is 19.6 Å². The molecule has 0 aromatic heterocycles. The van der Waals surface area contributed by atoms with Crippen LogP contribution in [0.4, 0.5) is 0 Å². The standard InChI is InChI=1S/C9H17NO/c1-5-7-8(10-3)9(6-2)11-4/h1,8-10H,6-7H2,2-4H3. The second-order valence-corrected chi connectivity index (χ2v) is 2.49. The van der Waals surface area contributed by atoms with Crippen molar-refractivity contribution in [2.24, 2.45) is 0 Å². The van der Waals surface area contributed by atoms with Gasteiger partial charge in [-0.3, -0.25) is 0 Å². The van der Waals surface area contributed by atoms with Crippen molar-refractivity contribution in [3.05, 3.63) is 0 Å². The smallest absolute Gasteiger partial charge is 0.0730 e. The van der Waals surface area contributed by atoms with Gasteiger partial charge in [0.05, 0.1) is 6.10 Å². The highest BCUT2D eigenvalue weighted by molar-refractivity contribution is 4.92. The molecule has 2 heteroatoms. The van der Waals surface area contributed by atoms with E-state index in [9.17, 15) is 0 Å². The van der Waals surface area contributed by atoms with E-state index in [1.54, 1.807) is 7.11 Å². The Morgan fingerprint density at radius 1 is 1.64 bits per heavy atom. The molecule has 0 aliphatic carbocycles. The van der Waals surface area contributed by atoms with Crippen molar-refractivity contribution >= 4 is 0 Å². The summed E-state index contributed by atoms with van der Waals surface area (Å²) in [6.45, 7) is 2.09. The van der Waals surface area contributed by atoms with Crippen LogP contribution in [0, 0.1) is 12.3 Å². The number of rotatable bonds is 5. The number of terminal acetylenes is 1. The number of hydrogen-bond acceptors (Lipinski definition) is 2. The zero-order chi connectivity index (χ0) is 8.69. The van der Waals surface area contributed by atoms with Crippen LogP contribution in [-0.2, 0) is 4.74 Å². The molecule has 1 N–H and O–H groups in total. The maximum atomic E-state index is 5.25. The van der Waals surface area contributed by atoms with Gasteiger partial charge in [0.2, 0.25) is 0 Å². The predicted molar refractivity (Wildman–Crippen MR) is 47.4 cm³/mol. The molecule has 0 rings (SSSR count). The quantitative estimate of drug-likeness (QED) is 0.599. The number of hydrogen-bond donors (Lipinski definition) is 1. The summed E-state index contributed by atoms with van der Waals surface area (Å²) < 4.78 is 5.25. The molecule has 0 fully saturated rings. The van der Waals surface area contributed by atoms with Crippen LogP contribution in [0.3, 0.4) is 0 Å². The van der Waals surface area contributed by atoms with Crippen LogP contribution in [0.15, 0.2) is 0 Å². The van der Waals surface area contributed by atoms with Crippen LogP contribution in [0.25, 0.3) is 0 Å². The Hall–Kier alpha value is -0.520. The average molecular weight is 155 g/mol. The summed E-state index contributed by atoms with van der Waals surface area (Å²) in [5.74, 6) is 2.63. The van der Waals surface area contributed by atoms with Gasteiger partial charge in [0.15, 0.2) is 0 Å². The Bertz CT molecular complexity index is 124. The number of ether oxygens (including phenoxy) is 1. The van der Waals surface area contributed by atoms with E-state index in [-0.39, 0.29) is 12.1 Å². The summed E-state index contributed by atoms with van der Waals surface area (Å²) in [5.41, 5.74) is 0. The highest BCUT2D eigenvalue weighted by Gasteiger charge is 2.15. The first-order valence-electron chi connectivity index (χ1n) is 3.93. The van der Waals surface area contributed by atoms with Crippen molar-refractivity contribution in [3.63, 3.8) is 0 Å². The fraction of sp³-hybridized carbons (Fsp3) is 0.778. The third-order valence-corrected chi connectivity index (χ3v) is 1.86. The molecule has 0 bridgehead atoms. The molecule has 0 spiro atoms. The summed E-state index contributed by atoms with van der Waals surface area (Å²) >= 11 is 0. The van der Waals surface area contributed by atoms with Gasteiger partial charge < -0.3 is 10.1 Å². The Balaban J connectivity index is 3.89. The first kappa shape index (κ1) is 10.5. The molecule has 0 aromatic carbocycles. The van der Waals surface area contributed by atoms with Crippen LogP contribution in [0.2, 0.25) is 0 Å². The average Bonchev–Trinajstić information content (AvgIpc) is 2.05. The summed E-state index contributed by atoms with van der Waals surface area (Å²) in [5, 5.41) is 3.14. The number of likely N-dealkylation sites (N-methyl/N-ethyl adjacent to an activating group) is 1. The van der Waals surface area contributed by atoms with Crippen LogP contribution in [0.5, 0.6) is 0 Å². The molecule has 0 radical (unpaired) electrons. The van der Waals surface area contributed by atoms with Crippen LogP contribution < -0.4 is 5.32 Å². The van der Waals surface area contributed by atoms with Gasteiger partial charge in [-0.2, -0.15) is 0 Å². The molecule has 0 aromatic rings. The lowest BCUT2D eigenvalue weighted by atomic mass is 10.1. The molecule has 2 atom stereocenters. The minimum atomic E-state index is 0.232. The third-order valence-electron chi connectivity index (χ3n) is 1.86. The minimum Gasteiger partial charge on any atom is -0.380 e. The first-order valence-corrected chi connectivity index (χ1v) is 3.93. The van der Waals surface area contributed by atoms with Crippen LogP contribution in [-0.4, -0.2) is 26.3 Å². The van der Waals surface area contributed by atoms with Gasteiger partial charge in [-0.05, 0) is 13.5 Å². The minimum absolute atomic E-state index is 0.232. The molecular weight excluding hydrogens is 138 g/mol. The first-order chi connectivity index (χ1) is 5.29. The lowest BCUT2D eigenvalue weighted by Gasteiger charge is -2.22. The third kappa shape index (κ3) is 3.41. The van der Waals surface area contributed by atoms with Gasteiger partial charge in [-0.1, -0.05) is 6.92 Å². The fourth-order valence-electron chi connectivity index (χ4n) is 1.16. The normalized spacial score (nSPS) is 15.5. The zero-order valence-electron chi connectivity index (χ0n) is 7.55. The zero-order valence-corrected chi connectivity index (χ0v) is 7.55. The molecule has 2 nitrogen and oxygen atoms in total. The molecule has 0 heterocycles. The largest absolute Gasteiger partial charge is 0.380 e. The van der Waals surface area contributed by atoms with Crippen molar-refractivity contribution in [3.8, 4) is 12.3 Å². The molecule has 0 saturated heterocycles. The van der Waals surface area contributed by atoms with E-state index in [0.717, 1.165) is 12.8 Å². The Morgan fingerprint density at radius 2 is 2.27 bits per heavy atom. The SMILES string of the molecule is C#CCC(NC)C(CC)OC. The van der Waals surface area contributed by atoms with Gasteiger partial charge in [-0.15, -0.1) is 12.3 Å². The summed E-state index contributed by atoms with van der Waals surface area (Å²) in [4.78, 5) is 0. The Labute approximate surface area is 69.3 Å². The number of nitrogens with one attached hydrogen (secondary N) is 1. The second-order valence-electron chi connectivity index (χ2n) is 2.49. The van der Waals surface area contributed by atoms with E-state index in [1.165, 1.54) is 0 Å². The molecule has 0 amide bonds. The van der Waals surface area contributed by atoms with Crippen molar-refractivity contribution < 1.29 is 4.74 Å². The highest BCUT2D eigenvalue weighted by atomic mass is 16.5. The predicted octanol–water partition coefficient (Wildman–Crippen LogP) is 1.02. The van der Waals surface area contributed by atoms with E-state index in [2.05, 4.69) is 18.2 Å². The van der Waals surface area contributed by atoms with Crippen LogP contribution >= 0.6 is 0 Å². The Morgan fingerprint density at radius 3 is 2.55 bits per heavy atom. The summed E-state index contributed by atoms with van der Waals surface area (Å²) in [6, 6.07) is 0.287. The highest BCUT2D eigenvalue weighted by Crippen LogP contribution is 2.05. The maximum absolute atomic E-state index is 5.25. The molecule has 0 saturated carbocycles. The van der Waals surface area contributed by atoms with Crippen molar-refractivity contribution in [2.75, 3.05) is 14.2 Å². The molecule has 64 valence electrons. The number of methoxy groups -OCH3 is 1.